The lowest BCUT2D eigenvalue weighted by atomic mass is 10.00. The molecule has 4 heteroatoms. The summed E-state index contributed by atoms with van der Waals surface area (Å²) in [6, 6.07) is 3.73. The van der Waals surface area contributed by atoms with Crippen LogP contribution < -0.4 is 4.74 Å². The van der Waals surface area contributed by atoms with Gasteiger partial charge in [-0.15, -0.1) is 0 Å². The molecule has 14 heavy (non-hydrogen) atoms. The molecule has 0 saturated carbocycles. The number of aryl methyl sites for hydroxylation is 1. The Labute approximate surface area is 89.8 Å². The molecule has 0 saturated heterocycles. The van der Waals surface area contributed by atoms with E-state index in [1.54, 1.807) is 0 Å². The Morgan fingerprint density at radius 1 is 1.64 bits per heavy atom. The maximum absolute atomic E-state index is 10.9. The van der Waals surface area contributed by atoms with Crippen molar-refractivity contribution >= 4 is 21.9 Å². The molecule has 0 radical (unpaired) electrons. The lowest BCUT2D eigenvalue weighted by molar-refractivity contribution is -0.138. The maximum atomic E-state index is 10.9. The average molecular weight is 257 g/mol. The summed E-state index contributed by atoms with van der Waals surface area (Å²) in [5.41, 5.74) is 1.74. The minimum absolute atomic E-state index is 0.238. The summed E-state index contributed by atoms with van der Waals surface area (Å²) in [7, 11) is 0. The van der Waals surface area contributed by atoms with Crippen molar-refractivity contribution in [1.29, 1.82) is 0 Å². The van der Waals surface area contributed by atoms with Crippen LogP contribution in [0.3, 0.4) is 0 Å². The van der Waals surface area contributed by atoms with E-state index in [1.165, 1.54) is 0 Å². The SMILES string of the molecule is Cc1cc(Br)cc2c1OCC2C(=O)O. The van der Waals surface area contributed by atoms with Crippen molar-refractivity contribution in [3.8, 4) is 5.75 Å². The van der Waals surface area contributed by atoms with Crippen molar-refractivity contribution in [2.24, 2.45) is 0 Å². The van der Waals surface area contributed by atoms with Gasteiger partial charge in [0.15, 0.2) is 0 Å². The Hall–Kier alpha value is -1.03. The van der Waals surface area contributed by atoms with Gasteiger partial charge in [0.2, 0.25) is 0 Å². The number of ether oxygens (including phenoxy) is 1. The molecule has 3 nitrogen and oxygen atoms in total. The third kappa shape index (κ3) is 1.39. The van der Waals surface area contributed by atoms with Gasteiger partial charge >= 0.3 is 5.97 Å². The van der Waals surface area contributed by atoms with Gasteiger partial charge in [-0.1, -0.05) is 15.9 Å². The zero-order valence-electron chi connectivity index (χ0n) is 7.58. The Balaban J connectivity index is 2.54. The number of carbonyl (C=O) groups is 1. The standard InChI is InChI=1S/C10H9BrO3/c1-5-2-6(11)3-7-8(10(12)13)4-14-9(5)7/h2-3,8H,4H2,1H3,(H,12,13). The molecule has 0 bridgehead atoms. The van der Waals surface area contributed by atoms with E-state index >= 15 is 0 Å². The number of aliphatic carboxylic acids is 1. The number of halogens is 1. The van der Waals surface area contributed by atoms with Crippen molar-refractivity contribution in [3.05, 3.63) is 27.7 Å². The summed E-state index contributed by atoms with van der Waals surface area (Å²) in [6.07, 6.45) is 0. The van der Waals surface area contributed by atoms with E-state index in [2.05, 4.69) is 15.9 Å². The van der Waals surface area contributed by atoms with Crippen molar-refractivity contribution in [3.63, 3.8) is 0 Å². The van der Waals surface area contributed by atoms with E-state index in [4.69, 9.17) is 9.84 Å². The summed E-state index contributed by atoms with van der Waals surface area (Å²) in [5, 5.41) is 8.95. The second-order valence-corrected chi connectivity index (χ2v) is 4.26. The minimum atomic E-state index is -0.832. The van der Waals surface area contributed by atoms with E-state index < -0.39 is 11.9 Å². The molecule has 0 spiro atoms. The molecule has 1 unspecified atom stereocenters. The first-order valence-electron chi connectivity index (χ1n) is 4.25. The molecule has 1 heterocycles. The monoisotopic (exact) mass is 256 g/mol. The summed E-state index contributed by atoms with van der Waals surface area (Å²) in [6.45, 7) is 2.15. The molecule has 1 aliphatic heterocycles. The number of rotatable bonds is 1. The number of carboxylic acid groups (broad SMARTS) is 1. The first-order valence-corrected chi connectivity index (χ1v) is 5.04. The van der Waals surface area contributed by atoms with Crippen molar-refractivity contribution < 1.29 is 14.6 Å². The minimum Gasteiger partial charge on any atom is -0.492 e. The highest BCUT2D eigenvalue weighted by atomic mass is 79.9. The maximum Gasteiger partial charge on any atom is 0.314 e. The van der Waals surface area contributed by atoms with Gasteiger partial charge in [-0.25, -0.2) is 0 Å². The Morgan fingerprint density at radius 2 is 2.36 bits per heavy atom. The molecule has 1 N–H and O–H groups in total. The zero-order valence-corrected chi connectivity index (χ0v) is 9.17. The molecule has 1 aromatic rings. The van der Waals surface area contributed by atoms with E-state index in [9.17, 15) is 4.79 Å². The fourth-order valence-corrected chi connectivity index (χ4v) is 2.26. The number of hydrogen-bond acceptors (Lipinski definition) is 2. The van der Waals surface area contributed by atoms with Gasteiger partial charge in [0, 0.05) is 10.0 Å². The van der Waals surface area contributed by atoms with Crippen LogP contribution in [0.15, 0.2) is 16.6 Å². The molecular weight excluding hydrogens is 248 g/mol. The largest absolute Gasteiger partial charge is 0.492 e. The highest BCUT2D eigenvalue weighted by Crippen LogP contribution is 2.38. The van der Waals surface area contributed by atoms with Crippen molar-refractivity contribution in [2.45, 2.75) is 12.8 Å². The van der Waals surface area contributed by atoms with Gasteiger partial charge in [0.05, 0.1) is 0 Å². The summed E-state index contributed by atoms with van der Waals surface area (Å²) in [5.74, 6) is -0.636. The van der Waals surface area contributed by atoms with Crippen LogP contribution in [-0.2, 0) is 4.79 Å². The van der Waals surface area contributed by atoms with Crippen LogP contribution in [0.4, 0.5) is 0 Å². The molecule has 0 fully saturated rings. The van der Waals surface area contributed by atoms with Crippen LogP contribution in [0.2, 0.25) is 0 Å². The molecule has 0 amide bonds. The van der Waals surface area contributed by atoms with Gasteiger partial charge < -0.3 is 9.84 Å². The molecule has 74 valence electrons. The summed E-state index contributed by atoms with van der Waals surface area (Å²) in [4.78, 5) is 10.9. The molecule has 1 atom stereocenters. The topological polar surface area (TPSA) is 46.5 Å². The number of benzene rings is 1. The number of fused-ring (bicyclic) bond motifs is 1. The first-order chi connectivity index (χ1) is 6.59. The van der Waals surface area contributed by atoms with Crippen LogP contribution in [-0.4, -0.2) is 17.7 Å². The van der Waals surface area contributed by atoms with Crippen molar-refractivity contribution in [1.82, 2.24) is 0 Å². The normalized spacial score (nSPS) is 18.9. The lowest BCUT2D eigenvalue weighted by Gasteiger charge is -2.04. The van der Waals surface area contributed by atoms with Gasteiger partial charge in [-0.05, 0) is 24.6 Å². The second-order valence-electron chi connectivity index (χ2n) is 3.34. The van der Waals surface area contributed by atoms with Crippen LogP contribution in [0, 0.1) is 6.92 Å². The molecular formula is C10H9BrO3. The van der Waals surface area contributed by atoms with Gasteiger partial charge in [-0.3, -0.25) is 4.79 Å². The summed E-state index contributed by atoms with van der Waals surface area (Å²) >= 11 is 3.34. The predicted octanol–water partition coefficient (Wildman–Crippen LogP) is 2.32. The number of hydrogen-bond donors (Lipinski definition) is 1. The third-order valence-corrected chi connectivity index (χ3v) is 2.79. The van der Waals surface area contributed by atoms with E-state index in [1.807, 2.05) is 19.1 Å². The van der Waals surface area contributed by atoms with Gasteiger partial charge in [0.1, 0.15) is 18.3 Å². The molecule has 1 aliphatic rings. The fraction of sp³-hybridized carbons (Fsp3) is 0.300. The first kappa shape index (κ1) is 9.52. The van der Waals surface area contributed by atoms with Crippen LogP contribution >= 0.6 is 15.9 Å². The Bertz CT molecular complexity index is 401. The summed E-state index contributed by atoms with van der Waals surface area (Å²) < 4.78 is 6.25. The van der Waals surface area contributed by atoms with E-state index in [-0.39, 0.29) is 6.61 Å². The molecule has 2 rings (SSSR count). The zero-order chi connectivity index (χ0) is 10.3. The quantitative estimate of drug-likeness (QED) is 0.839. The fourth-order valence-electron chi connectivity index (χ4n) is 1.67. The van der Waals surface area contributed by atoms with E-state index in [0.29, 0.717) is 0 Å². The van der Waals surface area contributed by atoms with E-state index in [0.717, 1.165) is 21.3 Å². The third-order valence-electron chi connectivity index (χ3n) is 2.34. The van der Waals surface area contributed by atoms with Crippen LogP contribution in [0.1, 0.15) is 17.0 Å². The molecule has 1 aromatic carbocycles. The van der Waals surface area contributed by atoms with Crippen LogP contribution in [0.25, 0.3) is 0 Å². The smallest absolute Gasteiger partial charge is 0.314 e. The molecule has 0 aliphatic carbocycles. The van der Waals surface area contributed by atoms with Gasteiger partial charge in [-0.2, -0.15) is 0 Å². The van der Waals surface area contributed by atoms with Crippen molar-refractivity contribution in [2.75, 3.05) is 6.61 Å². The Kier molecular flexibility index (Phi) is 2.23. The van der Waals surface area contributed by atoms with Crippen LogP contribution in [0.5, 0.6) is 5.75 Å². The predicted molar refractivity (Wildman–Crippen MR) is 54.8 cm³/mol. The lowest BCUT2D eigenvalue weighted by Crippen LogP contribution is -2.12. The average Bonchev–Trinajstić information content (AvgIpc) is 2.47. The highest BCUT2D eigenvalue weighted by molar-refractivity contribution is 9.10. The highest BCUT2D eigenvalue weighted by Gasteiger charge is 2.31. The second kappa shape index (κ2) is 3.28. The molecule has 0 aromatic heterocycles. The number of carboxylic acids is 1. The van der Waals surface area contributed by atoms with Gasteiger partial charge in [0.25, 0.3) is 0 Å². The Morgan fingerprint density at radius 3 is 3.00 bits per heavy atom.